The van der Waals surface area contributed by atoms with Gasteiger partial charge in [-0.1, -0.05) is 0 Å². The number of hydrogen-bond acceptors (Lipinski definition) is 8. The maximum atomic E-state index is 5.59. The van der Waals surface area contributed by atoms with Crippen molar-refractivity contribution in [2.24, 2.45) is 10.2 Å². The van der Waals surface area contributed by atoms with Crippen LogP contribution in [0.3, 0.4) is 0 Å². The summed E-state index contributed by atoms with van der Waals surface area (Å²) in [6.45, 7) is 6.09. The molecule has 1 aliphatic rings. The van der Waals surface area contributed by atoms with Gasteiger partial charge < -0.3 is 10.1 Å². The molecule has 0 saturated heterocycles. The number of fused-ring (bicyclic) bond motifs is 1. The highest BCUT2D eigenvalue weighted by Gasteiger charge is 2.19. The van der Waals surface area contributed by atoms with E-state index in [1.165, 1.54) is 0 Å². The normalized spacial score (nSPS) is 14.8. The molecular formula is C19H20N6OS. The van der Waals surface area contributed by atoms with E-state index in [-0.39, 0.29) is 6.04 Å². The molecule has 4 rings (SSSR count). The quantitative estimate of drug-likeness (QED) is 0.720. The van der Waals surface area contributed by atoms with E-state index in [4.69, 9.17) is 4.74 Å². The van der Waals surface area contributed by atoms with Gasteiger partial charge in [-0.15, -0.1) is 11.3 Å². The fourth-order valence-corrected chi connectivity index (χ4v) is 3.78. The number of ether oxygens (including phenoxy) is 1. The highest BCUT2D eigenvalue weighted by Crippen LogP contribution is 2.35. The number of aryl methyl sites for hydroxylation is 1. The SMILES string of the molecule is COc1cc(-c2ncc(C)s2)cc2c(NC(C)C3=NN=C(C)C3)ncnc12. The molecule has 8 heteroatoms. The van der Waals surface area contributed by atoms with Gasteiger partial charge >= 0.3 is 0 Å². The van der Waals surface area contributed by atoms with E-state index < -0.39 is 0 Å². The highest BCUT2D eigenvalue weighted by atomic mass is 32.1. The largest absolute Gasteiger partial charge is 0.494 e. The molecule has 27 heavy (non-hydrogen) atoms. The minimum absolute atomic E-state index is 0.0149. The van der Waals surface area contributed by atoms with E-state index in [1.807, 2.05) is 26.1 Å². The van der Waals surface area contributed by atoms with Crippen molar-refractivity contribution in [3.63, 3.8) is 0 Å². The molecule has 0 spiro atoms. The number of nitrogens with zero attached hydrogens (tertiary/aromatic N) is 5. The number of anilines is 1. The Bertz CT molecular complexity index is 1070. The number of thiazole rings is 1. The predicted octanol–water partition coefficient (Wildman–Crippen LogP) is 4.09. The lowest BCUT2D eigenvalue weighted by atomic mass is 10.1. The van der Waals surface area contributed by atoms with Gasteiger partial charge in [-0.25, -0.2) is 15.0 Å². The fourth-order valence-electron chi connectivity index (χ4n) is 3.03. The van der Waals surface area contributed by atoms with Crippen LogP contribution in [-0.2, 0) is 0 Å². The van der Waals surface area contributed by atoms with Gasteiger partial charge in [0.15, 0.2) is 0 Å². The van der Waals surface area contributed by atoms with E-state index in [2.05, 4.69) is 43.5 Å². The van der Waals surface area contributed by atoms with Crippen molar-refractivity contribution in [2.45, 2.75) is 33.2 Å². The van der Waals surface area contributed by atoms with Crippen molar-refractivity contribution >= 4 is 39.5 Å². The highest BCUT2D eigenvalue weighted by molar-refractivity contribution is 7.14. The summed E-state index contributed by atoms with van der Waals surface area (Å²) in [5.74, 6) is 1.44. The Morgan fingerprint density at radius 3 is 2.67 bits per heavy atom. The number of nitrogens with one attached hydrogen (secondary N) is 1. The van der Waals surface area contributed by atoms with Gasteiger partial charge in [0.1, 0.15) is 28.4 Å². The third-order valence-electron chi connectivity index (χ3n) is 4.43. The average molecular weight is 380 g/mol. The Hall–Kier alpha value is -2.87. The summed E-state index contributed by atoms with van der Waals surface area (Å²) in [6, 6.07) is 4.05. The van der Waals surface area contributed by atoms with Crippen LogP contribution in [0.4, 0.5) is 5.82 Å². The first-order chi connectivity index (χ1) is 13.0. The zero-order valence-electron chi connectivity index (χ0n) is 15.6. The first-order valence-corrected chi connectivity index (χ1v) is 9.48. The van der Waals surface area contributed by atoms with Crippen LogP contribution in [0, 0.1) is 6.92 Å². The molecule has 3 aromatic rings. The molecule has 0 aliphatic carbocycles. The van der Waals surface area contributed by atoms with E-state index in [1.54, 1.807) is 24.8 Å². The molecule has 138 valence electrons. The summed E-state index contributed by atoms with van der Waals surface area (Å²) in [7, 11) is 1.65. The summed E-state index contributed by atoms with van der Waals surface area (Å²) >= 11 is 1.65. The molecule has 7 nitrogen and oxygen atoms in total. The Labute approximate surface area is 161 Å². The van der Waals surface area contributed by atoms with Gasteiger partial charge in [-0.3, -0.25) is 0 Å². The zero-order chi connectivity index (χ0) is 19.0. The van der Waals surface area contributed by atoms with Gasteiger partial charge in [0.25, 0.3) is 0 Å². The molecule has 1 aliphatic heterocycles. The maximum absolute atomic E-state index is 5.59. The molecule has 0 saturated carbocycles. The molecule has 0 radical (unpaired) electrons. The Morgan fingerprint density at radius 1 is 1.15 bits per heavy atom. The van der Waals surface area contributed by atoms with E-state index in [9.17, 15) is 0 Å². The lowest BCUT2D eigenvalue weighted by Gasteiger charge is -2.16. The van der Waals surface area contributed by atoms with Gasteiger partial charge in [0, 0.05) is 34.2 Å². The summed E-state index contributed by atoms with van der Waals surface area (Å²) in [5.41, 5.74) is 3.77. The van der Waals surface area contributed by atoms with Crippen molar-refractivity contribution in [3.05, 3.63) is 29.5 Å². The molecule has 1 aromatic carbocycles. The number of methoxy groups -OCH3 is 1. The van der Waals surface area contributed by atoms with Crippen molar-refractivity contribution < 1.29 is 4.74 Å². The second kappa shape index (κ2) is 7.03. The standard InChI is InChI=1S/C19H20N6OS/c1-10-5-15(25-24-10)12(3)23-18-14-6-13(19-20-8-11(2)27-19)7-16(26-4)17(14)21-9-22-18/h6-9,12H,5H2,1-4H3,(H,21,22,23). The third kappa shape index (κ3) is 3.40. The summed E-state index contributed by atoms with van der Waals surface area (Å²) in [4.78, 5) is 14.5. The zero-order valence-corrected chi connectivity index (χ0v) is 16.5. The van der Waals surface area contributed by atoms with E-state index in [0.29, 0.717) is 5.75 Å². The van der Waals surface area contributed by atoms with Crippen LogP contribution in [0.5, 0.6) is 5.75 Å². The third-order valence-corrected chi connectivity index (χ3v) is 5.39. The topological polar surface area (TPSA) is 84.6 Å². The predicted molar refractivity (Wildman–Crippen MR) is 110 cm³/mol. The minimum atomic E-state index is 0.0149. The summed E-state index contributed by atoms with van der Waals surface area (Å²) in [5, 5.41) is 13.7. The second-order valence-electron chi connectivity index (χ2n) is 6.54. The first-order valence-electron chi connectivity index (χ1n) is 8.67. The van der Waals surface area contributed by atoms with E-state index >= 15 is 0 Å². The van der Waals surface area contributed by atoms with Crippen LogP contribution in [0.1, 0.15) is 25.1 Å². The van der Waals surface area contributed by atoms with Crippen LogP contribution in [0.2, 0.25) is 0 Å². The number of benzene rings is 1. The lowest BCUT2D eigenvalue weighted by molar-refractivity contribution is 0.419. The van der Waals surface area contributed by atoms with Crippen LogP contribution in [-0.4, -0.2) is 39.5 Å². The van der Waals surface area contributed by atoms with Crippen LogP contribution in [0.15, 0.2) is 34.9 Å². The van der Waals surface area contributed by atoms with Crippen molar-refractivity contribution in [1.82, 2.24) is 15.0 Å². The Morgan fingerprint density at radius 2 is 2.00 bits per heavy atom. The molecule has 3 heterocycles. The van der Waals surface area contributed by atoms with Crippen LogP contribution >= 0.6 is 11.3 Å². The molecule has 1 N–H and O–H groups in total. The summed E-state index contributed by atoms with van der Waals surface area (Å²) < 4.78 is 5.59. The fraction of sp³-hybridized carbons (Fsp3) is 0.316. The Kier molecular flexibility index (Phi) is 4.57. The lowest BCUT2D eigenvalue weighted by Crippen LogP contribution is -2.26. The first kappa shape index (κ1) is 17.5. The van der Waals surface area contributed by atoms with Crippen LogP contribution in [0.25, 0.3) is 21.5 Å². The summed E-state index contributed by atoms with van der Waals surface area (Å²) in [6.07, 6.45) is 4.20. The number of hydrogen-bond donors (Lipinski definition) is 1. The minimum Gasteiger partial charge on any atom is -0.494 e. The molecule has 0 fully saturated rings. The molecule has 1 unspecified atom stereocenters. The Balaban J connectivity index is 1.76. The second-order valence-corrected chi connectivity index (χ2v) is 7.78. The van der Waals surface area contributed by atoms with E-state index in [0.717, 1.165) is 50.0 Å². The van der Waals surface area contributed by atoms with Crippen molar-refractivity contribution in [1.29, 1.82) is 0 Å². The molecule has 1 atom stereocenters. The molecular weight excluding hydrogens is 360 g/mol. The maximum Gasteiger partial charge on any atom is 0.145 e. The van der Waals surface area contributed by atoms with Crippen molar-refractivity contribution in [2.75, 3.05) is 12.4 Å². The number of rotatable bonds is 5. The molecule has 0 bridgehead atoms. The average Bonchev–Trinajstić information content (AvgIpc) is 3.29. The molecule has 0 amide bonds. The van der Waals surface area contributed by atoms with Crippen LogP contribution < -0.4 is 10.1 Å². The molecule has 2 aromatic heterocycles. The smallest absolute Gasteiger partial charge is 0.145 e. The van der Waals surface area contributed by atoms with Gasteiger partial charge in [0.05, 0.1) is 18.9 Å². The van der Waals surface area contributed by atoms with Gasteiger partial charge in [0.2, 0.25) is 0 Å². The van der Waals surface area contributed by atoms with Gasteiger partial charge in [-0.2, -0.15) is 10.2 Å². The van der Waals surface area contributed by atoms with Crippen molar-refractivity contribution in [3.8, 4) is 16.3 Å². The monoisotopic (exact) mass is 380 g/mol. The van der Waals surface area contributed by atoms with Gasteiger partial charge in [-0.05, 0) is 32.9 Å². The number of aromatic nitrogens is 3.